The van der Waals surface area contributed by atoms with Crippen LogP contribution in [0.1, 0.15) is 20.3 Å². The molecule has 0 saturated carbocycles. The van der Waals surface area contributed by atoms with E-state index in [-0.39, 0.29) is 21.6 Å². The molecule has 0 aliphatic rings. The predicted molar refractivity (Wildman–Crippen MR) is 86.1 cm³/mol. The molecule has 1 aromatic rings. The second-order valence-electron chi connectivity index (χ2n) is 4.94. The largest absolute Gasteiger partial charge is 0.398 e. The molecule has 0 aromatic heterocycles. The highest BCUT2D eigenvalue weighted by atomic mass is 79.9. The monoisotopic (exact) mass is 381 g/mol. The molecule has 8 heteroatoms. The Morgan fingerprint density at radius 3 is 2.67 bits per heavy atom. The first-order valence-corrected chi connectivity index (χ1v) is 8.91. The summed E-state index contributed by atoms with van der Waals surface area (Å²) in [5, 5.41) is 0. The van der Waals surface area contributed by atoms with Crippen LogP contribution in [-0.2, 0) is 10.0 Å². The lowest BCUT2D eigenvalue weighted by atomic mass is 10.2. The maximum absolute atomic E-state index is 13.3. The van der Waals surface area contributed by atoms with Crippen molar-refractivity contribution < 1.29 is 12.8 Å². The average Bonchev–Trinajstić information content (AvgIpc) is 2.41. The van der Waals surface area contributed by atoms with Gasteiger partial charge < -0.3 is 10.6 Å². The molecule has 0 bridgehead atoms. The number of hydrogen-bond donors (Lipinski definition) is 2. The zero-order valence-electron chi connectivity index (χ0n) is 12.4. The van der Waals surface area contributed by atoms with Crippen LogP contribution in [0.5, 0.6) is 0 Å². The average molecular weight is 382 g/mol. The summed E-state index contributed by atoms with van der Waals surface area (Å²) < 4.78 is 40.2. The van der Waals surface area contributed by atoms with E-state index >= 15 is 0 Å². The number of nitrogens with zero attached hydrogens (tertiary/aromatic N) is 1. The normalized spacial score (nSPS) is 13.6. The van der Waals surface area contributed by atoms with E-state index in [1.54, 1.807) is 0 Å². The smallest absolute Gasteiger partial charge is 0.242 e. The summed E-state index contributed by atoms with van der Waals surface area (Å²) in [7, 11) is -1.82. The molecule has 1 aromatic carbocycles. The Kier molecular flexibility index (Phi) is 6.58. The third-order valence-electron chi connectivity index (χ3n) is 3.44. The SMILES string of the molecule is CCC(C)N(C)CCNS(=O)(=O)c1cc(Br)c(F)cc1N. The van der Waals surface area contributed by atoms with Crippen LogP contribution in [0, 0.1) is 5.82 Å². The molecule has 0 saturated heterocycles. The van der Waals surface area contributed by atoms with E-state index < -0.39 is 15.8 Å². The number of hydrogen-bond acceptors (Lipinski definition) is 4. The number of likely N-dealkylation sites (N-methyl/N-ethyl adjacent to an activating group) is 1. The van der Waals surface area contributed by atoms with Gasteiger partial charge in [0.15, 0.2) is 0 Å². The third-order valence-corrected chi connectivity index (χ3v) is 5.57. The lowest BCUT2D eigenvalue weighted by Crippen LogP contribution is -2.37. The van der Waals surface area contributed by atoms with Crippen LogP contribution >= 0.6 is 15.9 Å². The summed E-state index contributed by atoms with van der Waals surface area (Å²) in [4.78, 5) is 1.94. The van der Waals surface area contributed by atoms with Gasteiger partial charge in [0.05, 0.1) is 10.2 Å². The fourth-order valence-corrected chi connectivity index (χ4v) is 3.40. The molecule has 1 atom stereocenters. The van der Waals surface area contributed by atoms with Crippen LogP contribution in [0.25, 0.3) is 0 Å². The highest BCUT2D eigenvalue weighted by molar-refractivity contribution is 9.10. The highest BCUT2D eigenvalue weighted by Gasteiger charge is 2.19. The Morgan fingerprint density at radius 2 is 2.10 bits per heavy atom. The van der Waals surface area contributed by atoms with Gasteiger partial charge >= 0.3 is 0 Å². The molecule has 0 amide bonds. The molecular weight excluding hydrogens is 361 g/mol. The maximum atomic E-state index is 13.3. The van der Waals surface area contributed by atoms with Crippen molar-refractivity contribution in [2.45, 2.75) is 31.2 Å². The van der Waals surface area contributed by atoms with Gasteiger partial charge in [0, 0.05) is 19.1 Å². The van der Waals surface area contributed by atoms with Gasteiger partial charge in [0.1, 0.15) is 10.7 Å². The van der Waals surface area contributed by atoms with Crippen molar-refractivity contribution in [1.82, 2.24) is 9.62 Å². The third kappa shape index (κ3) is 4.91. The minimum absolute atomic E-state index is 0.0637. The van der Waals surface area contributed by atoms with Crippen molar-refractivity contribution in [2.75, 3.05) is 25.9 Å². The number of benzene rings is 1. The number of nitrogen functional groups attached to an aromatic ring is 1. The summed E-state index contributed by atoms with van der Waals surface area (Å²) in [5.41, 5.74) is 5.47. The van der Waals surface area contributed by atoms with Gasteiger partial charge in [-0.2, -0.15) is 0 Å². The minimum Gasteiger partial charge on any atom is -0.398 e. The lowest BCUT2D eigenvalue weighted by Gasteiger charge is -2.23. The fraction of sp³-hybridized carbons (Fsp3) is 0.538. The van der Waals surface area contributed by atoms with Crippen molar-refractivity contribution >= 4 is 31.6 Å². The fourth-order valence-electron chi connectivity index (χ4n) is 1.74. The lowest BCUT2D eigenvalue weighted by molar-refractivity contribution is 0.256. The Morgan fingerprint density at radius 1 is 1.48 bits per heavy atom. The molecular formula is C13H21BrFN3O2S. The maximum Gasteiger partial charge on any atom is 0.242 e. The van der Waals surface area contributed by atoms with Crippen LogP contribution in [-0.4, -0.2) is 39.5 Å². The highest BCUT2D eigenvalue weighted by Crippen LogP contribution is 2.25. The van der Waals surface area contributed by atoms with Gasteiger partial charge in [-0.1, -0.05) is 6.92 Å². The summed E-state index contributed by atoms with van der Waals surface area (Å²) in [5.74, 6) is -0.594. The minimum atomic E-state index is -3.76. The van der Waals surface area contributed by atoms with E-state index in [0.29, 0.717) is 12.6 Å². The van der Waals surface area contributed by atoms with Gasteiger partial charge in [-0.15, -0.1) is 0 Å². The van der Waals surface area contributed by atoms with Gasteiger partial charge in [0.2, 0.25) is 10.0 Å². The summed E-state index contributed by atoms with van der Waals surface area (Å²) >= 11 is 2.96. The van der Waals surface area contributed by atoms with Crippen molar-refractivity contribution in [3.63, 3.8) is 0 Å². The van der Waals surface area contributed by atoms with Crippen LogP contribution in [0.2, 0.25) is 0 Å². The van der Waals surface area contributed by atoms with Crippen LogP contribution in [0.3, 0.4) is 0 Å². The molecule has 0 aliphatic carbocycles. The number of nitrogens with two attached hydrogens (primary N) is 1. The molecule has 0 spiro atoms. The molecule has 0 fully saturated rings. The van der Waals surface area contributed by atoms with Gasteiger partial charge in [-0.25, -0.2) is 17.5 Å². The molecule has 120 valence electrons. The van der Waals surface area contributed by atoms with Gasteiger partial charge in [-0.05, 0) is 48.5 Å². The summed E-state index contributed by atoms with van der Waals surface area (Å²) in [6, 6.07) is 2.54. The molecule has 0 heterocycles. The van der Waals surface area contributed by atoms with E-state index in [4.69, 9.17) is 5.73 Å². The number of halogens is 2. The number of anilines is 1. The van der Waals surface area contributed by atoms with Crippen molar-refractivity contribution in [1.29, 1.82) is 0 Å². The van der Waals surface area contributed by atoms with E-state index in [2.05, 4.69) is 39.4 Å². The van der Waals surface area contributed by atoms with Crippen LogP contribution < -0.4 is 10.5 Å². The van der Waals surface area contributed by atoms with Crippen molar-refractivity contribution in [3.05, 3.63) is 22.4 Å². The molecule has 3 N–H and O–H groups in total. The second kappa shape index (κ2) is 7.53. The Hall–Kier alpha value is -0.700. The van der Waals surface area contributed by atoms with Crippen LogP contribution in [0.15, 0.2) is 21.5 Å². The standard InChI is InChI=1S/C13H21BrFN3O2S/c1-4-9(2)18(3)6-5-17-21(19,20)13-7-10(14)11(15)8-12(13)16/h7-9,17H,4-6,16H2,1-3H3. The zero-order chi connectivity index (χ0) is 16.2. The van der Waals surface area contributed by atoms with Gasteiger partial charge in [0.25, 0.3) is 0 Å². The zero-order valence-corrected chi connectivity index (χ0v) is 14.8. The predicted octanol–water partition coefficient (Wildman–Crippen LogP) is 2.18. The Balaban J connectivity index is 2.77. The van der Waals surface area contributed by atoms with E-state index in [1.165, 1.54) is 6.07 Å². The van der Waals surface area contributed by atoms with Crippen LogP contribution in [0.4, 0.5) is 10.1 Å². The quantitative estimate of drug-likeness (QED) is 0.709. The molecule has 5 nitrogen and oxygen atoms in total. The Labute approximate surface area is 133 Å². The summed E-state index contributed by atoms with van der Waals surface area (Å²) in [6.45, 7) is 4.99. The topological polar surface area (TPSA) is 75.4 Å². The number of sulfonamides is 1. The van der Waals surface area contributed by atoms with E-state index in [9.17, 15) is 12.8 Å². The summed E-state index contributed by atoms with van der Waals surface area (Å²) in [6.07, 6.45) is 0.987. The van der Waals surface area contributed by atoms with Crippen molar-refractivity contribution in [2.24, 2.45) is 0 Å². The second-order valence-corrected chi connectivity index (χ2v) is 7.53. The van der Waals surface area contributed by atoms with E-state index in [0.717, 1.165) is 12.5 Å². The number of nitrogens with one attached hydrogen (secondary N) is 1. The Bertz CT molecular complexity index is 595. The molecule has 1 unspecified atom stereocenters. The molecule has 0 radical (unpaired) electrons. The first-order chi connectivity index (χ1) is 9.69. The molecule has 1 rings (SSSR count). The first kappa shape index (κ1) is 18.3. The first-order valence-electron chi connectivity index (χ1n) is 6.63. The number of rotatable bonds is 7. The van der Waals surface area contributed by atoms with E-state index in [1.807, 2.05) is 7.05 Å². The van der Waals surface area contributed by atoms with Gasteiger partial charge in [-0.3, -0.25) is 0 Å². The molecule has 21 heavy (non-hydrogen) atoms. The van der Waals surface area contributed by atoms with Crippen molar-refractivity contribution in [3.8, 4) is 0 Å². The molecule has 0 aliphatic heterocycles.